The molecule has 7 nitrogen and oxygen atoms in total. The zero-order valence-electron chi connectivity index (χ0n) is 21.3. The molecular weight excluding hydrogens is 512 g/mol. The standard InChI is InChI=1S/C28H26ClF2N5O2/c1-14(2)22-24(15(3)10-11-32-22)36-27-19-25(20(29)23(33-27)17-8-6-9-18(30)21(17)31)38-13-16-7-4-5-12-35(16)26(19)34-28(36)37/h6,8-11,14,16H,4-5,7,12-13H2,1-3H3/t16-/m1/s1. The summed E-state index contributed by atoms with van der Waals surface area (Å²) in [7, 11) is 0. The first-order valence-corrected chi connectivity index (χ1v) is 13.1. The van der Waals surface area contributed by atoms with Crippen LogP contribution in [-0.4, -0.2) is 38.7 Å². The molecule has 0 saturated carbocycles. The number of rotatable bonds is 3. The fraction of sp³-hybridized carbons (Fsp3) is 0.357. The molecule has 1 saturated heterocycles. The maximum Gasteiger partial charge on any atom is 0.355 e. The Kier molecular flexibility index (Phi) is 6.06. The number of aromatic nitrogens is 4. The van der Waals surface area contributed by atoms with E-state index in [1.807, 2.05) is 26.8 Å². The van der Waals surface area contributed by atoms with Crippen molar-refractivity contribution in [2.24, 2.45) is 0 Å². The van der Waals surface area contributed by atoms with E-state index in [0.29, 0.717) is 35.7 Å². The molecule has 6 rings (SSSR count). The van der Waals surface area contributed by atoms with Gasteiger partial charge in [0.2, 0.25) is 0 Å². The fourth-order valence-corrected chi connectivity index (χ4v) is 5.80. The molecule has 0 amide bonds. The molecule has 5 heterocycles. The van der Waals surface area contributed by atoms with Crippen molar-refractivity contribution in [1.29, 1.82) is 0 Å². The van der Waals surface area contributed by atoms with Crippen LogP contribution in [0.5, 0.6) is 5.75 Å². The summed E-state index contributed by atoms with van der Waals surface area (Å²) in [6.45, 7) is 6.88. The summed E-state index contributed by atoms with van der Waals surface area (Å²) in [6.07, 6.45) is 4.54. The van der Waals surface area contributed by atoms with E-state index in [0.717, 1.165) is 30.9 Å². The third-order valence-electron chi connectivity index (χ3n) is 7.35. The quantitative estimate of drug-likeness (QED) is 0.321. The molecule has 0 N–H and O–H groups in total. The van der Waals surface area contributed by atoms with Gasteiger partial charge in [-0.25, -0.2) is 23.1 Å². The van der Waals surface area contributed by atoms with Crippen LogP contribution < -0.4 is 15.3 Å². The second-order valence-corrected chi connectivity index (χ2v) is 10.5. The summed E-state index contributed by atoms with van der Waals surface area (Å²) in [5, 5.41) is 0.514. The Labute approximate surface area is 223 Å². The Balaban J connectivity index is 1.79. The van der Waals surface area contributed by atoms with Gasteiger partial charge in [0.15, 0.2) is 23.0 Å². The molecule has 1 fully saturated rings. The number of ether oxygens (including phenoxy) is 1. The summed E-state index contributed by atoms with van der Waals surface area (Å²) in [5.41, 5.74) is 1.58. The van der Waals surface area contributed by atoms with Crippen LogP contribution in [-0.2, 0) is 0 Å². The first-order valence-electron chi connectivity index (χ1n) is 12.7. The maximum atomic E-state index is 15.0. The van der Waals surface area contributed by atoms with Gasteiger partial charge in [-0.2, -0.15) is 4.98 Å². The van der Waals surface area contributed by atoms with Gasteiger partial charge in [0, 0.05) is 18.3 Å². The minimum Gasteiger partial charge on any atom is -0.489 e. The zero-order chi connectivity index (χ0) is 26.7. The van der Waals surface area contributed by atoms with Gasteiger partial charge in [0.1, 0.15) is 22.8 Å². The highest BCUT2D eigenvalue weighted by Gasteiger charge is 2.35. The summed E-state index contributed by atoms with van der Waals surface area (Å²) < 4.78 is 37.0. The fourth-order valence-electron chi connectivity index (χ4n) is 5.51. The largest absolute Gasteiger partial charge is 0.489 e. The molecule has 196 valence electrons. The van der Waals surface area contributed by atoms with E-state index in [9.17, 15) is 9.18 Å². The molecule has 0 spiro atoms. The lowest BCUT2D eigenvalue weighted by molar-refractivity contribution is 0.267. The molecule has 2 aliphatic heterocycles. The Morgan fingerprint density at radius 3 is 2.76 bits per heavy atom. The van der Waals surface area contributed by atoms with Crippen LogP contribution >= 0.6 is 11.6 Å². The van der Waals surface area contributed by atoms with E-state index in [4.69, 9.17) is 21.3 Å². The molecule has 38 heavy (non-hydrogen) atoms. The second-order valence-electron chi connectivity index (χ2n) is 10.1. The maximum absolute atomic E-state index is 15.0. The number of halogens is 3. The number of hydrogen-bond donors (Lipinski definition) is 0. The predicted octanol–water partition coefficient (Wildman–Crippen LogP) is 5.96. The highest BCUT2D eigenvalue weighted by atomic mass is 35.5. The van der Waals surface area contributed by atoms with Crippen molar-refractivity contribution in [3.8, 4) is 22.7 Å². The van der Waals surface area contributed by atoms with Crippen LogP contribution in [0.1, 0.15) is 50.3 Å². The molecule has 3 aromatic heterocycles. The second kappa shape index (κ2) is 9.31. The van der Waals surface area contributed by atoms with Crippen molar-refractivity contribution >= 4 is 28.5 Å². The van der Waals surface area contributed by atoms with Gasteiger partial charge in [-0.05, 0) is 55.9 Å². The van der Waals surface area contributed by atoms with E-state index in [2.05, 4.69) is 14.9 Å². The van der Waals surface area contributed by atoms with Crippen molar-refractivity contribution in [2.75, 3.05) is 18.1 Å². The Hall–Kier alpha value is -3.59. The molecule has 10 heteroatoms. The van der Waals surface area contributed by atoms with E-state index in [1.165, 1.54) is 16.7 Å². The molecule has 4 aromatic rings. The molecule has 0 bridgehead atoms. The molecule has 2 aliphatic rings. The van der Waals surface area contributed by atoms with Crippen molar-refractivity contribution in [3.05, 3.63) is 68.9 Å². The molecule has 0 radical (unpaired) electrons. The number of nitrogens with zero attached hydrogens (tertiary/aromatic N) is 5. The third kappa shape index (κ3) is 3.74. The van der Waals surface area contributed by atoms with E-state index in [-0.39, 0.29) is 39.6 Å². The smallest absolute Gasteiger partial charge is 0.355 e. The number of aryl methyl sites for hydroxylation is 1. The van der Waals surface area contributed by atoms with Crippen molar-refractivity contribution in [1.82, 2.24) is 19.5 Å². The number of hydrogen-bond acceptors (Lipinski definition) is 6. The summed E-state index contributed by atoms with van der Waals surface area (Å²) in [5.74, 6) is -1.41. The van der Waals surface area contributed by atoms with Gasteiger partial charge in [-0.1, -0.05) is 31.5 Å². The lowest BCUT2D eigenvalue weighted by Crippen LogP contribution is -2.43. The van der Waals surface area contributed by atoms with E-state index in [1.54, 1.807) is 6.20 Å². The van der Waals surface area contributed by atoms with Crippen LogP contribution in [0.3, 0.4) is 0 Å². The van der Waals surface area contributed by atoms with E-state index >= 15 is 4.39 Å². The average molecular weight is 538 g/mol. The molecule has 0 unspecified atom stereocenters. The summed E-state index contributed by atoms with van der Waals surface area (Å²) >= 11 is 6.85. The van der Waals surface area contributed by atoms with Crippen molar-refractivity contribution in [3.63, 3.8) is 0 Å². The number of fused-ring (bicyclic) bond motifs is 2. The first-order chi connectivity index (χ1) is 18.3. The summed E-state index contributed by atoms with van der Waals surface area (Å²) in [6, 6.07) is 5.64. The van der Waals surface area contributed by atoms with Gasteiger partial charge in [-0.15, -0.1) is 0 Å². The van der Waals surface area contributed by atoms with Crippen LogP contribution in [0.2, 0.25) is 5.02 Å². The van der Waals surface area contributed by atoms with Gasteiger partial charge >= 0.3 is 5.69 Å². The molecular formula is C28H26ClF2N5O2. The summed E-state index contributed by atoms with van der Waals surface area (Å²) in [4.78, 5) is 29.8. The lowest BCUT2D eigenvalue weighted by atomic mass is 10.0. The minimum absolute atomic E-state index is 0.00104. The van der Waals surface area contributed by atoms with Gasteiger partial charge in [-0.3, -0.25) is 4.98 Å². The Morgan fingerprint density at radius 2 is 1.97 bits per heavy atom. The van der Waals surface area contributed by atoms with Gasteiger partial charge in [0.05, 0.1) is 23.1 Å². The molecule has 1 aromatic carbocycles. The SMILES string of the molecule is Cc1ccnc(C(C)C)c1-n1c(=O)nc2c3c(c(Cl)c(-c4cccc(F)c4F)nc31)OC[C@H]1CCCCN21. The average Bonchev–Trinajstić information content (AvgIpc) is 3.06. The third-order valence-corrected chi connectivity index (χ3v) is 7.71. The monoisotopic (exact) mass is 537 g/mol. The lowest BCUT2D eigenvalue weighted by Gasteiger charge is -2.34. The van der Waals surface area contributed by atoms with Crippen LogP contribution in [0.15, 0.2) is 35.3 Å². The number of anilines is 1. The number of pyridine rings is 2. The highest BCUT2D eigenvalue weighted by molar-refractivity contribution is 6.36. The van der Waals surface area contributed by atoms with Gasteiger partial charge < -0.3 is 9.64 Å². The topological polar surface area (TPSA) is 73.1 Å². The minimum atomic E-state index is -1.08. The zero-order valence-corrected chi connectivity index (χ0v) is 22.0. The van der Waals surface area contributed by atoms with Crippen LogP contribution in [0.4, 0.5) is 14.6 Å². The molecule has 1 atom stereocenters. The predicted molar refractivity (Wildman–Crippen MR) is 143 cm³/mol. The number of benzene rings is 1. The highest BCUT2D eigenvalue weighted by Crippen LogP contribution is 2.46. The Morgan fingerprint density at radius 1 is 1.16 bits per heavy atom. The molecule has 0 aliphatic carbocycles. The van der Waals surface area contributed by atoms with Crippen LogP contribution in [0, 0.1) is 18.6 Å². The Bertz CT molecular complexity index is 1660. The van der Waals surface area contributed by atoms with E-state index < -0.39 is 17.3 Å². The number of piperidine rings is 1. The van der Waals surface area contributed by atoms with Crippen LogP contribution in [0.25, 0.3) is 28.0 Å². The normalized spacial score (nSPS) is 16.9. The van der Waals surface area contributed by atoms with Crippen molar-refractivity contribution < 1.29 is 13.5 Å². The van der Waals surface area contributed by atoms with Crippen molar-refractivity contribution in [2.45, 2.75) is 52.0 Å². The first kappa shape index (κ1) is 24.7. The van der Waals surface area contributed by atoms with Gasteiger partial charge in [0.25, 0.3) is 0 Å².